The summed E-state index contributed by atoms with van der Waals surface area (Å²) >= 11 is 0. The van der Waals surface area contributed by atoms with Crippen LogP contribution in [0.5, 0.6) is 0 Å². The number of rotatable bonds is 7. The predicted molar refractivity (Wildman–Crippen MR) is 112 cm³/mol. The van der Waals surface area contributed by atoms with Crippen LogP contribution in [0.4, 0.5) is 8.78 Å². The van der Waals surface area contributed by atoms with Crippen molar-refractivity contribution in [2.45, 2.75) is 19.6 Å². The summed E-state index contributed by atoms with van der Waals surface area (Å²) < 4.78 is 29.2. The van der Waals surface area contributed by atoms with E-state index in [0.717, 1.165) is 5.56 Å². The van der Waals surface area contributed by atoms with Crippen LogP contribution in [0, 0.1) is 11.6 Å². The maximum Gasteiger partial charge on any atom is 0.254 e. The fourth-order valence-corrected chi connectivity index (χ4v) is 3.30. The Morgan fingerprint density at radius 3 is 2.39 bits per heavy atom. The molecule has 0 aliphatic heterocycles. The molecular formula is C24H20F2N4O. The molecule has 4 rings (SSSR count). The number of nitrogens with zero attached hydrogens (tertiary/aromatic N) is 4. The Morgan fingerprint density at radius 1 is 0.903 bits per heavy atom. The Labute approximate surface area is 178 Å². The van der Waals surface area contributed by atoms with Crippen LogP contribution in [0.3, 0.4) is 0 Å². The Kier molecular flexibility index (Phi) is 6.12. The second kappa shape index (κ2) is 9.30. The fraction of sp³-hybridized carbons (Fsp3) is 0.125. The molecule has 0 saturated heterocycles. The van der Waals surface area contributed by atoms with Gasteiger partial charge in [0.05, 0.1) is 13.1 Å². The lowest BCUT2D eigenvalue weighted by molar-refractivity contribution is 0.0723. The second-order valence-corrected chi connectivity index (χ2v) is 7.09. The van der Waals surface area contributed by atoms with Crippen molar-refractivity contribution >= 4 is 5.91 Å². The number of hydrogen-bond acceptors (Lipinski definition) is 3. The fourth-order valence-electron chi connectivity index (χ4n) is 3.30. The SMILES string of the molecule is O=C(c1ccc(F)cc1)N(Cc1ccncc1)Cc1nccn1Cc1ccccc1F. The molecule has 0 radical (unpaired) electrons. The first kappa shape index (κ1) is 20.4. The Bertz CT molecular complexity index is 1160. The van der Waals surface area contributed by atoms with Crippen LogP contribution in [0.25, 0.3) is 0 Å². The average molecular weight is 418 g/mol. The molecule has 156 valence electrons. The van der Waals surface area contributed by atoms with E-state index >= 15 is 0 Å². The van der Waals surface area contributed by atoms with Gasteiger partial charge in [0.15, 0.2) is 0 Å². The van der Waals surface area contributed by atoms with Crippen LogP contribution in [-0.4, -0.2) is 25.3 Å². The van der Waals surface area contributed by atoms with Crippen LogP contribution in [0.15, 0.2) is 85.5 Å². The van der Waals surface area contributed by atoms with E-state index in [1.54, 1.807) is 47.9 Å². The summed E-state index contributed by atoms with van der Waals surface area (Å²) in [5.41, 5.74) is 1.81. The summed E-state index contributed by atoms with van der Waals surface area (Å²) in [5.74, 6) is -0.333. The van der Waals surface area contributed by atoms with E-state index in [1.165, 1.54) is 30.3 Å². The molecule has 1 amide bonds. The van der Waals surface area contributed by atoms with Gasteiger partial charge in [0.2, 0.25) is 0 Å². The number of amides is 1. The van der Waals surface area contributed by atoms with E-state index in [4.69, 9.17) is 0 Å². The molecule has 2 aromatic heterocycles. The Hall–Kier alpha value is -3.87. The molecule has 0 atom stereocenters. The molecule has 0 saturated carbocycles. The highest BCUT2D eigenvalue weighted by molar-refractivity contribution is 5.94. The van der Waals surface area contributed by atoms with E-state index in [1.807, 2.05) is 16.7 Å². The summed E-state index contributed by atoms with van der Waals surface area (Å²) in [7, 11) is 0. The lowest BCUT2D eigenvalue weighted by atomic mass is 10.1. The molecule has 5 nitrogen and oxygen atoms in total. The van der Waals surface area contributed by atoms with Gasteiger partial charge in [-0.25, -0.2) is 13.8 Å². The number of carbonyl (C=O) groups excluding carboxylic acids is 1. The van der Waals surface area contributed by atoms with Gasteiger partial charge < -0.3 is 9.47 Å². The van der Waals surface area contributed by atoms with Crippen molar-refractivity contribution in [3.63, 3.8) is 0 Å². The molecule has 31 heavy (non-hydrogen) atoms. The zero-order chi connectivity index (χ0) is 21.6. The second-order valence-electron chi connectivity index (χ2n) is 7.09. The van der Waals surface area contributed by atoms with E-state index in [9.17, 15) is 13.6 Å². The third-order valence-electron chi connectivity index (χ3n) is 4.93. The van der Waals surface area contributed by atoms with Gasteiger partial charge in [-0.2, -0.15) is 0 Å². The van der Waals surface area contributed by atoms with E-state index < -0.39 is 5.82 Å². The van der Waals surface area contributed by atoms with Gasteiger partial charge in [-0.3, -0.25) is 9.78 Å². The van der Waals surface area contributed by atoms with E-state index in [0.29, 0.717) is 30.0 Å². The number of hydrogen-bond donors (Lipinski definition) is 0. The zero-order valence-corrected chi connectivity index (χ0v) is 16.7. The molecular weight excluding hydrogens is 398 g/mol. The molecule has 0 unspecified atom stereocenters. The monoisotopic (exact) mass is 418 g/mol. The van der Waals surface area contributed by atoms with E-state index in [-0.39, 0.29) is 18.3 Å². The minimum absolute atomic E-state index is 0.208. The highest BCUT2D eigenvalue weighted by Gasteiger charge is 2.19. The van der Waals surface area contributed by atoms with Crippen LogP contribution in [-0.2, 0) is 19.6 Å². The first-order chi connectivity index (χ1) is 15.1. The quantitative estimate of drug-likeness (QED) is 0.446. The van der Waals surface area contributed by atoms with E-state index in [2.05, 4.69) is 9.97 Å². The van der Waals surface area contributed by atoms with Crippen molar-refractivity contribution in [3.8, 4) is 0 Å². The molecule has 0 fully saturated rings. The smallest absolute Gasteiger partial charge is 0.254 e. The summed E-state index contributed by atoms with van der Waals surface area (Å²) in [5, 5.41) is 0. The standard InChI is InChI=1S/C24H20F2N4O/c25-21-7-5-19(6-8-21)24(31)30(15-18-9-11-27-12-10-18)17-23-28-13-14-29(23)16-20-3-1-2-4-22(20)26/h1-14H,15-17H2. The van der Waals surface area contributed by atoms with Crippen molar-refractivity contribution in [3.05, 3.63) is 120 Å². The minimum Gasteiger partial charge on any atom is -0.329 e. The molecule has 0 aliphatic rings. The Morgan fingerprint density at radius 2 is 1.65 bits per heavy atom. The topological polar surface area (TPSA) is 51.0 Å². The molecule has 0 N–H and O–H groups in total. The highest BCUT2D eigenvalue weighted by Crippen LogP contribution is 2.16. The minimum atomic E-state index is -0.405. The Balaban J connectivity index is 1.61. The van der Waals surface area contributed by atoms with Crippen molar-refractivity contribution < 1.29 is 13.6 Å². The number of halogens is 2. The van der Waals surface area contributed by atoms with Gasteiger partial charge in [-0.15, -0.1) is 0 Å². The van der Waals surface area contributed by atoms with Crippen LogP contribution < -0.4 is 0 Å². The normalized spacial score (nSPS) is 10.8. The average Bonchev–Trinajstić information content (AvgIpc) is 3.22. The van der Waals surface area contributed by atoms with Gasteiger partial charge in [0.1, 0.15) is 17.5 Å². The first-order valence-corrected chi connectivity index (χ1v) is 9.77. The van der Waals surface area contributed by atoms with Crippen LogP contribution in [0.1, 0.15) is 27.3 Å². The summed E-state index contributed by atoms with van der Waals surface area (Å²) in [6.07, 6.45) is 6.71. The van der Waals surface area contributed by atoms with Crippen LogP contribution in [0.2, 0.25) is 0 Å². The number of pyridine rings is 1. The lowest BCUT2D eigenvalue weighted by Crippen LogP contribution is -2.31. The summed E-state index contributed by atoms with van der Waals surface area (Å²) in [4.78, 5) is 23.2. The van der Waals surface area contributed by atoms with Gasteiger partial charge in [-0.1, -0.05) is 18.2 Å². The number of benzene rings is 2. The maximum atomic E-state index is 14.1. The highest BCUT2D eigenvalue weighted by atomic mass is 19.1. The molecule has 0 bridgehead atoms. The zero-order valence-electron chi connectivity index (χ0n) is 16.7. The van der Waals surface area contributed by atoms with Crippen molar-refractivity contribution in [2.24, 2.45) is 0 Å². The van der Waals surface area contributed by atoms with Crippen molar-refractivity contribution in [1.82, 2.24) is 19.4 Å². The number of aromatic nitrogens is 3. The summed E-state index contributed by atoms with van der Waals surface area (Å²) in [6.45, 7) is 0.834. The number of carbonyl (C=O) groups is 1. The predicted octanol–water partition coefficient (Wildman–Crippen LogP) is 4.45. The molecule has 0 spiro atoms. The molecule has 0 aliphatic carbocycles. The van der Waals surface area contributed by atoms with Gasteiger partial charge in [-0.05, 0) is 48.0 Å². The largest absolute Gasteiger partial charge is 0.329 e. The third-order valence-corrected chi connectivity index (χ3v) is 4.93. The van der Waals surface area contributed by atoms with Crippen molar-refractivity contribution in [1.29, 1.82) is 0 Å². The van der Waals surface area contributed by atoms with Gasteiger partial charge in [0, 0.05) is 42.5 Å². The first-order valence-electron chi connectivity index (χ1n) is 9.77. The van der Waals surface area contributed by atoms with Crippen molar-refractivity contribution in [2.75, 3.05) is 0 Å². The number of imidazole rings is 1. The molecule has 7 heteroatoms. The van der Waals surface area contributed by atoms with Crippen LogP contribution >= 0.6 is 0 Å². The maximum absolute atomic E-state index is 14.1. The molecule has 4 aromatic rings. The summed E-state index contributed by atoms with van der Waals surface area (Å²) in [6, 6.07) is 15.7. The van der Waals surface area contributed by atoms with Gasteiger partial charge >= 0.3 is 0 Å². The lowest BCUT2D eigenvalue weighted by Gasteiger charge is -2.23. The van der Waals surface area contributed by atoms with Gasteiger partial charge in [0.25, 0.3) is 5.91 Å². The third kappa shape index (κ3) is 5.01. The molecule has 2 aromatic carbocycles. The molecule has 2 heterocycles.